The molecule has 2 atom stereocenters. The number of nitrogens with zero attached hydrogens (tertiary/aromatic N) is 2. The van der Waals surface area contributed by atoms with Crippen LogP contribution in [-0.2, 0) is 11.3 Å². The number of rotatable bonds is 7. The highest BCUT2D eigenvalue weighted by Crippen LogP contribution is 2.33. The average molecular weight is 404 g/mol. The van der Waals surface area contributed by atoms with E-state index in [1.165, 1.54) is 5.56 Å². The van der Waals surface area contributed by atoms with Crippen LogP contribution in [-0.4, -0.2) is 36.1 Å². The molecule has 1 saturated carbocycles. The lowest BCUT2D eigenvalue weighted by Gasteiger charge is -2.37. The minimum absolute atomic E-state index is 0.102. The van der Waals surface area contributed by atoms with E-state index in [9.17, 15) is 18.0 Å². The van der Waals surface area contributed by atoms with Gasteiger partial charge < -0.3 is 4.90 Å². The van der Waals surface area contributed by atoms with Crippen molar-refractivity contribution in [2.45, 2.75) is 56.9 Å². The summed E-state index contributed by atoms with van der Waals surface area (Å²) in [4.78, 5) is 16.7. The van der Waals surface area contributed by atoms with Gasteiger partial charge in [-0.1, -0.05) is 48.5 Å². The van der Waals surface area contributed by atoms with Gasteiger partial charge in [0.15, 0.2) is 0 Å². The number of carbonyl (C=O) groups excluding carboxylic acids is 1. The zero-order valence-electron chi connectivity index (χ0n) is 16.6. The summed E-state index contributed by atoms with van der Waals surface area (Å²) >= 11 is 0. The number of hydrogen-bond donors (Lipinski definition) is 0. The molecule has 29 heavy (non-hydrogen) atoms. The van der Waals surface area contributed by atoms with Crippen molar-refractivity contribution in [1.82, 2.24) is 4.90 Å². The molecule has 0 N–H and O–H groups in total. The first kappa shape index (κ1) is 21.4. The first-order valence-corrected chi connectivity index (χ1v) is 10.0. The molecule has 1 aliphatic rings. The topological polar surface area (TPSA) is 23.6 Å². The van der Waals surface area contributed by atoms with Gasteiger partial charge in [0, 0.05) is 24.7 Å². The summed E-state index contributed by atoms with van der Waals surface area (Å²) in [6.45, 7) is 0.737. The van der Waals surface area contributed by atoms with Crippen LogP contribution in [0.4, 0.5) is 18.9 Å². The van der Waals surface area contributed by atoms with Gasteiger partial charge in [-0.25, -0.2) is 0 Å². The number of amides is 1. The monoisotopic (exact) mass is 404 g/mol. The van der Waals surface area contributed by atoms with Crippen molar-refractivity contribution in [3.05, 3.63) is 66.2 Å². The molecule has 1 fully saturated rings. The van der Waals surface area contributed by atoms with Gasteiger partial charge in [-0.3, -0.25) is 9.69 Å². The first-order valence-electron chi connectivity index (χ1n) is 10.0. The molecule has 0 heterocycles. The molecule has 0 aromatic heterocycles. The van der Waals surface area contributed by atoms with Gasteiger partial charge >= 0.3 is 6.18 Å². The second-order valence-corrected chi connectivity index (χ2v) is 7.68. The molecule has 2 aromatic rings. The normalized spacial score (nSPS) is 19.5. The Labute approximate surface area is 170 Å². The third-order valence-corrected chi connectivity index (χ3v) is 5.54. The number of hydrogen-bond acceptors (Lipinski definition) is 2. The van der Waals surface area contributed by atoms with Crippen molar-refractivity contribution in [1.29, 1.82) is 0 Å². The van der Waals surface area contributed by atoms with Crippen LogP contribution in [0.1, 0.15) is 37.7 Å². The zero-order valence-corrected chi connectivity index (χ0v) is 16.6. The van der Waals surface area contributed by atoms with Crippen molar-refractivity contribution >= 4 is 11.6 Å². The summed E-state index contributed by atoms with van der Waals surface area (Å²) in [5, 5.41) is 0. The second kappa shape index (κ2) is 9.44. The summed E-state index contributed by atoms with van der Waals surface area (Å²) < 4.78 is 38.2. The summed E-state index contributed by atoms with van der Waals surface area (Å²) in [5.74, 6) is -0.460. The van der Waals surface area contributed by atoms with Gasteiger partial charge in [0.2, 0.25) is 5.91 Å². The number of para-hydroxylation sites is 1. The largest absolute Gasteiger partial charge is 0.389 e. The Bertz CT molecular complexity index is 780. The van der Waals surface area contributed by atoms with Gasteiger partial charge in [0.1, 0.15) is 0 Å². The first-order chi connectivity index (χ1) is 13.8. The quantitative estimate of drug-likeness (QED) is 0.616. The SMILES string of the molecule is CN(Cc1ccccc1)C1CCCC1N(C(=O)CCC(F)(F)F)c1ccccc1. The predicted molar refractivity (Wildman–Crippen MR) is 109 cm³/mol. The number of alkyl halides is 3. The number of likely N-dealkylation sites (N-methyl/N-ethyl adjacent to an activating group) is 1. The maximum Gasteiger partial charge on any atom is 0.389 e. The maximum absolute atomic E-state index is 12.9. The molecule has 3 nitrogen and oxygen atoms in total. The molecular formula is C23H27F3N2O. The fraction of sp³-hybridized carbons (Fsp3) is 0.435. The maximum atomic E-state index is 12.9. The number of halogens is 3. The van der Waals surface area contributed by atoms with E-state index >= 15 is 0 Å². The molecule has 0 saturated heterocycles. The van der Waals surface area contributed by atoms with Crippen LogP contribution in [0.2, 0.25) is 0 Å². The molecule has 1 aliphatic carbocycles. The molecule has 0 bridgehead atoms. The molecule has 2 aromatic carbocycles. The van der Waals surface area contributed by atoms with E-state index in [0.29, 0.717) is 5.69 Å². The highest BCUT2D eigenvalue weighted by molar-refractivity contribution is 5.94. The smallest absolute Gasteiger partial charge is 0.308 e. The Balaban J connectivity index is 1.81. The molecule has 0 aliphatic heterocycles. The van der Waals surface area contributed by atoms with Crippen LogP contribution < -0.4 is 4.90 Å². The zero-order chi connectivity index (χ0) is 20.9. The van der Waals surface area contributed by atoms with Gasteiger partial charge in [0.05, 0.1) is 12.5 Å². The standard InChI is InChI=1S/C23H27F3N2O/c1-27(17-18-9-4-2-5-10-18)20-13-8-14-21(20)28(19-11-6-3-7-12-19)22(29)15-16-23(24,25)26/h2-7,9-12,20-21H,8,13-17H2,1H3. The highest BCUT2D eigenvalue weighted by Gasteiger charge is 2.38. The van der Waals surface area contributed by atoms with E-state index < -0.39 is 24.9 Å². The number of anilines is 1. The van der Waals surface area contributed by atoms with Crippen molar-refractivity contribution in [2.24, 2.45) is 0 Å². The fourth-order valence-electron chi connectivity index (χ4n) is 4.20. The van der Waals surface area contributed by atoms with E-state index in [1.54, 1.807) is 17.0 Å². The Morgan fingerprint density at radius 3 is 2.17 bits per heavy atom. The molecule has 0 radical (unpaired) electrons. The molecule has 156 valence electrons. The van der Waals surface area contributed by atoms with Gasteiger partial charge in [-0.05, 0) is 44.0 Å². The Hall–Kier alpha value is -2.34. The Morgan fingerprint density at radius 2 is 1.55 bits per heavy atom. The molecular weight excluding hydrogens is 377 g/mol. The van der Waals surface area contributed by atoms with E-state index in [-0.39, 0.29) is 12.1 Å². The van der Waals surface area contributed by atoms with Gasteiger partial charge in [0.25, 0.3) is 0 Å². The van der Waals surface area contributed by atoms with Crippen LogP contribution in [0, 0.1) is 0 Å². The van der Waals surface area contributed by atoms with E-state index in [0.717, 1.165) is 25.8 Å². The lowest BCUT2D eigenvalue weighted by atomic mass is 10.1. The molecule has 6 heteroatoms. The summed E-state index contributed by atoms with van der Waals surface area (Å²) in [7, 11) is 2.03. The Morgan fingerprint density at radius 1 is 0.966 bits per heavy atom. The number of benzene rings is 2. The van der Waals surface area contributed by atoms with E-state index in [4.69, 9.17) is 0 Å². The molecule has 1 amide bonds. The predicted octanol–water partition coefficient (Wildman–Crippen LogP) is 5.42. The molecule has 0 spiro atoms. The minimum atomic E-state index is -4.34. The summed E-state index contributed by atoms with van der Waals surface area (Å²) in [6.07, 6.45) is -3.29. The molecule has 3 rings (SSSR count). The summed E-state index contributed by atoms with van der Waals surface area (Å²) in [6, 6.07) is 19.1. The lowest BCUT2D eigenvalue weighted by molar-refractivity contribution is -0.143. The van der Waals surface area contributed by atoms with Crippen LogP contribution in [0.3, 0.4) is 0 Å². The van der Waals surface area contributed by atoms with Gasteiger partial charge in [-0.15, -0.1) is 0 Å². The Kier molecular flexibility index (Phi) is 6.96. The van der Waals surface area contributed by atoms with Crippen molar-refractivity contribution in [2.75, 3.05) is 11.9 Å². The van der Waals surface area contributed by atoms with Crippen LogP contribution in [0.5, 0.6) is 0 Å². The fourth-order valence-corrected chi connectivity index (χ4v) is 4.20. The van der Waals surface area contributed by atoms with Crippen LogP contribution in [0.15, 0.2) is 60.7 Å². The highest BCUT2D eigenvalue weighted by atomic mass is 19.4. The van der Waals surface area contributed by atoms with Crippen molar-refractivity contribution in [3.63, 3.8) is 0 Å². The van der Waals surface area contributed by atoms with Crippen LogP contribution in [0.25, 0.3) is 0 Å². The van der Waals surface area contributed by atoms with Crippen molar-refractivity contribution in [3.8, 4) is 0 Å². The van der Waals surface area contributed by atoms with E-state index in [1.807, 2.05) is 43.4 Å². The lowest BCUT2D eigenvalue weighted by Crippen LogP contribution is -2.50. The van der Waals surface area contributed by atoms with E-state index in [2.05, 4.69) is 17.0 Å². The minimum Gasteiger partial charge on any atom is -0.308 e. The second-order valence-electron chi connectivity index (χ2n) is 7.68. The summed E-state index contributed by atoms with van der Waals surface area (Å²) in [5.41, 5.74) is 1.85. The molecule has 2 unspecified atom stereocenters. The third-order valence-electron chi connectivity index (χ3n) is 5.54. The number of carbonyl (C=O) groups is 1. The third kappa shape index (κ3) is 5.82. The average Bonchev–Trinajstić information content (AvgIpc) is 3.17. The van der Waals surface area contributed by atoms with Crippen LogP contribution >= 0.6 is 0 Å². The van der Waals surface area contributed by atoms with Gasteiger partial charge in [-0.2, -0.15) is 13.2 Å². The van der Waals surface area contributed by atoms with Crippen molar-refractivity contribution < 1.29 is 18.0 Å².